The fourth-order valence-electron chi connectivity index (χ4n) is 4.50. The second kappa shape index (κ2) is 9.67. The Labute approximate surface area is 188 Å². The number of rotatable bonds is 8. The van der Waals surface area contributed by atoms with E-state index < -0.39 is 0 Å². The van der Waals surface area contributed by atoms with Crippen molar-refractivity contribution >= 4 is 28.3 Å². The molecule has 2 aromatic carbocycles. The van der Waals surface area contributed by atoms with Crippen molar-refractivity contribution in [2.24, 2.45) is 0 Å². The molecule has 0 saturated carbocycles. The number of piperidine rings is 1. The van der Waals surface area contributed by atoms with E-state index in [1.54, 1.807) is 0 Å². The Kier molecular flexibility index (Phi) is 6.33. The lowest BCUT2D eigenvalue weighted by atomic mass is 10.0. The zero-order valence-corrected chi connectivity index (χ0v) is 18.7. The van der Waals surface area contributed by atoms with Crippen molar-refractivity contribution in [1.82, 2.24) is 14.5 Å². The van der Waals surface area contributed by atoms with Gasteiger partial charge in [0.2, 0.25) is 5.95 Å². The number of hydrogen-bond acceptors (Lipinski definition) is 4. The molecule has 0 amide bonds. The first-order valence-corrected chi connectivity index (χ1v) is 12.2. The molecule has 3 heterocycles. The summed E-state index contributed by atoms with van der Waals surface area (Å²) in [6.45, 7) is 4.41. The topological polar surface area (TPSA) is 33.1 Å². The fourth-order valence-corrected chi connectivity index (χ4v) is 5.20. The van der Waals surface area contributed by atoms with Gasteiger partial charge in [-0.05, 0) is 54.8 Å². The van der Waals surface area contributed by atoms with Crippen LogP contribution < -0.4 is 5.32 Å². The number of para-hydroxylation sites is 2. The van der Waals surface area contributed by atoms with E-state index in [2.05, 4.69) is 86.9 Å². The van der Waals surface area contributed by atoms with Gasteiger partial charge in [0.1, 0.15) is 0 Å². The Morgan fingerprint density at radius 3 is 2.48 bits per heavy atom. The van der Waals surface area contributed by atoms with Crippen molar-refractivity contribution in [3.8, 4) is 0 Å². The van der Waals surface area contributed by atoms with Gasteiger partial charge < -0.3 is 14.8 Å². The molecule has 5 heteroatoms. The van der Waals surface area contributed by atoms with Gasteiger partial charge in [-0.3, -0.25) is 0 Å². The lowest BCUT2D eigenvalue weighted by molar-refractivity contribution is 0.221. The van der Waals surface area contributed by atoms with E-state index in [4.69, 9.17) is 4.98 Å². The summed E-state index contributed by atoms with van der Waals surface area (Å²) in [6, 6.07) is 24.2. The molecule has 2 aromatic heterocycles. The van der Waals surface area contributed by atoms with E-state index in [1.165, 1.54) is 28.8 Å². The zero-order valence-electron chi connectivity index (χ0n) is 17.9. The Morgan fingerprint density at radius 1 is 0.871 bits per heavy atom. The maximum Gasteiger partial charge on any atom is 0.204 e. The van der Waals surface area contributed by atoms with E-state index in [0.29, 0.717) is 6.04 Å². The van der Waals surface area contributed by atoms with E-state index in [-0.39, 0.29) is 0 Å². The van der Waals surface area contributed by atoms with Crippen LogP contribution in [0, 0.1) is 0 Å². The molecule has 1 N–H and O–H groups in total. The van der Waals surface area contributed by atoms with Gasteiger partial charge in [-0.1, -0.05) is 48.5 Å². The van der Waals surface area contributed by atoms with Crippen molar-refractivity contribution in [3.63, 3.8) is 0 Å². The van der Waals surface area contributed by atoms with Crippen molar-refractivity contribution in [1.29, 1.82) is 0 Å². The number of nitrogens with zero attached hydrogens (tertiary/aromatic N) is 3. The Bertz CT molecular complexity index is 1080. The number of anilines is 1. The zero-order chi connectivity index (χ0) is 20.9. The summed E-state index contributed by atoms with van der Waals surface area (Å²) in [6.07, 6.45) is 4.52. The number of likely N-dealkylation sites (tertiary alicyclic amines) is 1. The lowest BCUT2D eigenvalue weighted by Gasteiger charge is -2.32. The van der Waals surface area contributed by atoms with Crippen molar-refractivity contribution < 1.29 is 0 Å². The molecule has 0 unspecified atom stereocenters. The minimum atomic E-state index is 0.491. The van der Waals surface area contributed by atoms with E-state index >= 15 is 0 Å². The minimum absolute atomic E-state index is 0.491. The Morgan fingerprint density at radius 2 is 1.68 bits per heavy atom. The number of nitrogens with one attached hydrogen (secondary N) is 1. The lowest BCUT2D eigenvalue weighted by Crippen LogP contribution is -2.40. The maximum absolute atomic E-state index is 4.94. The average Bonchev–Trinajstić information content (AvgIpc) is 3.45. The largest absolute Gasteiger partial charge is 0.353 e. The highest BCUT2D eigenvalue weighted by Gasteiger charge is 2.21. The van der Waals surface area contributed by atoms with Crippen LogP contribution in [-0.4, -0.2) is 40.1 Å². The van der Waals surface area contributed by atoms with Gasteiger partial charge in [0.15, 0.2) is 0 Å². The smallest absolute Gasteiger partial charge is 0.204 e. The van der Waals surface area contributed by atoms with E-state index in [0.717, 1.165) is 50.5 Å². The molecular formula is C26H30N4S. The van der Waals surface area contributed by atoms with Gasteiger partial charge in [-0.2, -0.15) is 0 Å². The van der Waals surface area contributed by atoms with Crippen LogP contribution in [0.25, 0.3) is 11.0 Å². The molecule has 5 rings (SSSR count). The number of fused-ring (bicyclic) bond motifs is 1. The van der Waals surface area contributed by atoms with Crippen molar-refractivity contribution in [3.05, 3.63) is 82.6 Å². The van der Waals surface area contributed by atoms with Crippen LogP contribution >= 0.6 is 11.3 Å². The van der Waals surface area contributed by atoms with Crippen LogP contribution in [0.5, 0.6) is 0 Å². The molecule has 4 aromatic rings. The molecule has 1 aliphatic rings. The maximum atomic E-state index is 4.94. The molecule has 0 aliphatic carbocycles. The fraction of sp³-hybridized carbons (Fsp3) is 0.346. The number of aromatic nitrogens is 2. The van der Waals surface area contributed by atoms with Gasteiger partial charge in [-0.15, -0.1) is 11.3 Å². The molecule has 0 atom stereocenters. The predicted molar refractivity (Wildman–Crippen MR) is 131 cm³/mol. The quantitative estimate of drug-likeness (QED) is 0.403. The van der Waals surface area contributed by atoms with Gasteiger partial charge in [0, 0.05) is 37.1 Å². The molecule has 4 nitrogen and oxygen atoms in total. The molecule has 0 radical (unpaired) electrons. The average molecular weight is 431 g/mol. The molecule has 1 fully saturated rings. The number of thiophene rings is 1. The van der Waals surface area contributed by atoms with Crippen LogP contribution in [-0.2, 0) is 19.4 Å². The van der Waals surface area contributed by atoms with Crippen LogP contribution in [0.4, 0.5) is 5.95 Å². The van der Waals surface area contributed by atoms with Crippen LogP contribution in [0.1, 0.15) is 23.3 Å². The third kappa shape index (κ3) is 5.00. The molecular weight excluding hydrogens is 400 g/mol. The van der Waals surface area contributed by atoms with Gasteiger partial charge in [0.05, 0.1) is 11.0 Å². The van der Waals surface area contributed by atoms with Crippen LogP contribution in [0.3, 0.4) is 0 Å². The van der Waals surface area contributed by atoms with Crippen LogP contribution in [0.2, 0.25) is 0 Å². The minimum Gasteiger partial charge on any atom is -0.353 e. The standard InChI is InChI=1S/C26H30N4S/c1-2-7-21(8-3-1)12-16-29-17-13-22(14-18-29)27-26-28-24-10-4-5-11-25(24)30(26)19-15-23-9-6-20-31-23/h1-11,20,22H,12-19H2,(H,27,28). The molecule has 0 spiro atoms. The summed E-state index contributed by atoms with van der Waals surface area (Å²) in [4.78, 5) is 8.97. The number of benzene rings is 2. The number of imidazole rings is 1. The molecule has 1 saturated heterocycles. The molecule has 0 bridgehead atoms. The highest BCUT2D eigenvalue weighted by molar-refractivity contribution is 7.09. The molecule has 31 heavy (non-hydrogen) atoms. The summed E-state index contributed by atoms with van der Waals surface area (Å²) >= 11 is 1.84. The monoisotopic (exact) mass is 430 g/mol. The van der Waals surface area contributed by atoms with E-state index in [1.807, 2.05) is 11.3 Å². The highest BCUT2D eigenvalue weighted by atomic mass is 32.1. The van der Waals surface area contributed by atoms with Crippen LogP contribution in [0.15, 0.2) is 72.1 Å². The Balaban J connectivity index is 1.21. The SMILES string of the molecule is c1ccc(CCN2CCC(Nc3nc4ccccc4n3CCc3cccs3)CC2)cc1. The first-order valence-electron chi connectivity index (χ1n) is 11.4. The van der Waals surface area contributed by atoms with Crippen molar-refractivity contribution in [2.45, 2.75) is 38.3 Å². The first-order chi connectivity index (χ1) is 15.3. The summed E-state index contributed by atoms with van der Waals surface area (Å²) in [5, 5.41) is 5.95. The first kappa shape index (κ1) is 20.3. The normalized spacial score (nSPS) is 15.5. The van der Waals surface area contributed by atoms with Crippen molar-refractivity contribution in [2.75, 3.05) is 25.0 Å². The molecule has 1 aliphatic heterocycles. The summed E-state index contributed by atoms with van der Waals surface area (Å²) in [5.41, 5.74) is 3.74. The predicted octanol–water partition coefficient (Wildman–Crippen LogP) is 5.46. The Hall–Kier alpha value is -2.63. The van der Waals surface area contributed by atoms with E-state index in [9.17, 15) is 0 Å². The highest BCUT2D eigenvalue weighted by Crippen LogP contribution is 2.24. The number of hydrogen-bond donors (Lipinski definition) is 1. The van der Waals surface area contributed by atoms with Gasteiger partial charge in [0.25, 0.3) is 0 Å². The number of aryl methyl sites for hydroxylation is 2. The third-order valence-electron chi connectivity index (χ3n) is 6.30. The second-order valence-corrected chi connectivity index (χ2v) is 9.43. The summed E-state index contributed by atoms with van der Waals surface area (Å²) in [7, 11) is 0. The van der Waals surface area contributed by atoms with Gasteiger partial charge in [-0.25, -0.2) is 4.98 Å². The second-order valence-electron chi connectivity index (χ2n) is 8.40. The van der Waals surface area contributed by atoms with Gasteiger partial charge >= 0.3 is 0 Å². The summed E-state index contributed by atoms with van der Waals surface area (Å²) < 4.78 is 2.37. The molecule has 160 valence electrons. The third-order valence-corrected chi connectivity index (χ3v) is 7.23. The summed E-state index contributed by atoms with van der Waals surface area (Å²) in [5.74, 6) is 1.03.